The number of nitrogens with one attached hydrogen (secondary N) is 1. The van der Waals surface area contributed by atoms with Crippen LogP contribution in [0.15, 0.2) is 0 Å². The van der Waals surface area contributed by atoms with Gasteiger partial charge in [-0.15, -0.1) is 0 Å². The van der Waals surface area contributed by atoms with Gasteiger partial charge in [-0.25, -0.2) is 0 Å². The molecule has 1 amide bonds. The lowest BCUT2D eigenvalue weighted by molar-refractivity contribution is -0.134. The van der Waals surface area contributed by atoms with Gasteiger partial charge in [-0.05, 0) is 38.0 Å². The zero-order valence-electron chi connectivity index (χ0n) is 11.0. The van der Waals surface area contributed by atoms with E-state index in [2.05, 4.69) is 5.32 Å². The van der Waals surface area contributed by atoms with Crippen LogP contribution < -0.4 is 5.32 Å². The summed E-state index contributed by atoms with van der Waals surface area (Å²) in [4.78, 5) is 14.2. The summed E-state index contributed by atoms with van der Waals surface area (Å²) in [6, 6.07) is 0.573. The van der Waals surface area contributed by atoms with Crippen LogP contribution in [0, 0.1) is 5.92 Å². The van der Waals surface area contributed by atoms with E-state index in [1.165, 1.54) is 32.1 Å². The van der Waals surface area contributed by atoms with Gasteiger partial charge in [0.25, 0.3) is 0 Å². The van der Waals surface area contributed by atoms with Gasteiger partial charge in [-0.2, -0.15) is 0 Å². The van der Waals surface area contributed by atoms with Gasteiger partial charge in [0.1, 0.15) is 0 Å². The zero-order valence-corrected chi connectivity index (χ0v) is 11.0. The minimum absolute atomic E-state index is 0.00894. The van der Waals surface area contributed by atoms with Crippen LogP contribution in [-0.2, 0) is 4.79 Å². The second kappa shape index (κ2) is 5.17. The first-order valence-electron chi connectivity index (χ1n) is 7.47. The quantitative estimate of drug-likeness (QED) is 0.729. The Hall–Kier alpha value is -0.610. The average Bonchev–Trinajstić information content (AvgIpc) is 2.84. The lowest BCUT2D eigenvalue weighted by atomic mass is 9.77. The number of hydrogen-bond acceptors (Lipinski definition) is 3. The van der Waals surface area contributed by atoms with E-state index in [0.29, 0.717) is 12.6 Å². The molecule has 0 aromatic carbocycles. The molecule has 3 rings (SSSR count). The largest absolute Gasteiger partial charge is 0.391 e. The van der Waals surface area contributed by atoms with E-state index in [0.717, 1.165) is 25.3 Å². The van der Waals surface area contributed by atoms with Crippen molar-refractivity contribution >= 4 is 5.91 Å². The fourth-order valence-electron chi connectivity index (χ4n) is 3.85. The molecule has 2 N–H and O–H groups in total. The molecule has 102 valence electrons. The summed E-state index contributed by atoms with van der Waals surface area (Å²) in [6.07, 6.45) is 7.84. The molecular formula is C14H24N2O2. The zero-order chi connectivity index (χ0) is 12.5. The Bertz CT molecular complexity index is 321. The molecule has 4 nitrogen and oxygen atoms in total. The van der Waals surface area contributed by atoms with Crippen molar-refractivity contribution in [1.82, 2.24) is 10.2 Å². The molecule has 18 heavy (non-hydrogen) atoms. The molecule has 4 heteroatoms. The van der Waals surface area contributed by atoms with Gasteiger partial charge in [0, 0.05) is 19.1 Å². The molecule has 2 heterocycles. The van der Waals surface area contributed by atoms with Crippen LogP contribution >= 0.6 is 0 Å². The third-order valence-corrected chi connectivity index (χ3v) is 4.92. The number of amides is 1. The second-order valence-electron chi connectivity index (χ2n) is 6.17. The molecule has 3 aliphatic rings. The number of carbonyl (C=O) groups excluding carboxylic acids is 1. The summed E-state index contributed by atoms with van der Waals surface area (Å²) in [5.41, 5.74) is 0. The Morgan fingerprint density at radius 3 is 2.72 bits per heavy atom. The molecule has 1 saturated carbocycles. The van der Waals surface area contributed by atoms with E-state index < -0.39 is 0 Å². The summed E-state index contributed by atoms with van der Waals surface area (Å²) in [5, 5.41) is 13.1. The monoisotopic (exact) mass is 252 g/mol. The van der Waals surface area contributed by atoms with Crippen molar-refractivity contribution in [2.24, 2.45) is 5.92 Å². The minimum Gasteiger partial charge on any atom is -0.391 e. The SMILES string of the molecule is O=C(C1CCC2CCCCC2N1)N1CC[C@H](O)C1. The van der Waals surface area contributed by atoms with Crippen LogP contribution in [0.4, 0.5) is 0 Å². The van der Waals surface area contributed by atoms with Crippen LogP contribution in [0.3, 0.4) is 0 Å². The summed E-state index contributed by atoms with van der Waals surface area (Å²) in [5.74, 6) is 1.02. The molecule has 4 atom stereocenters. The average molecular weight is 252 g/mol. The van der Waals surface area contributed by atoms with E-state index in [1.54, 1.807) is 0 Å². The number of carbonyl (C=O) groups is 1. The van der Waals surface area contributed by atoms with Crippen molar-refractivity contribution in [2.75, 3.05) is 13.1 Å². The van der Waals surface area contributed by atoms with E-state index in [-0.39, 0.29) is 18.1 Å². The highest BCUT2D eigenvalue weighted by atomic mass is 16.3. The summed E-state index contributed by atoms with van der Waals surface area (Å²) < 4.78 is 0. The summed E-state index contributed by atoms with van der Waals surface area (Å²) in [7, 11) is 0. The summed E-state index contributed by atoms with van der Waals surface area (Å²) in [6.45, 7) is 1.26. The van der Waals surface area contributed by atoms with E-state index >= 15 is 0 Å². The highest BCUT2D eigenvalue weighted by Gasteiger charge is 2.37. The maximum atomic E-state index is 12.4. The van der Waals surface area contributed by atoms with E-state index in [1.807, 2.05) is 4.90 Å². The Labute approximate surface area is 109 Å². The highest BCUT2D eigenvalue weighted by molar-refractivity contribution is 5.82. The first-order chi connectivity index (χ1) is 8.74. The molecule has 3 unspecified atom stereocenters. The molecule has 3 fully saturated rings. The fraction of sp³-hybridized carbons (Fsp3) is 0.929. The number of nitrogens with zero attached hydrogens (tertiary/aromatic N) is 1. The van der Waals surface area contributed by atoms with E-state index in [4.69, 9.17) is 0 Å². The molecule has 1 aliphatic carbocycles. The standard InChI is InChI=1S/C14H24N2O2/c17-11-7-8-16(9-11)14(18)13-6-5-10-3-1-2-4-12(10)15-13/h10-13,15,17H,1-9H2/t10?,11-,12?,13?/m0/s1. The van der Waals surface area contributed by atoms with Crippen molar-refractivity contribution in [3.05, 3.63) is 0 Å². The van der Waals surface area contributed by atoms with Crippen molar-refractivity contribution in [3.63, 3.8) is 0 Å². The van der Waals surface area contributed by atoms with E-state index in [9.17, 15) is 9.90 Å². The molecule has 0 spiro atoms. The third-order valence-electron chi connectivity index (χ3n) is 4.92. The number of hydrogen-bond donors (Lipinski definition) is 2. The molecular weight excluding hydrogens is 228 g/mol. The lowest BCUT2D eigenvalue weighted by Crippen LogP contribution is -2.55. The summed E-state index contributed by atoms with van der Waals surface area (Å²) >= 11 is 0. The second-order valence-corrected chi connectivity index (χ2v) is 6.17. The topological polar surface area (TPSA) is 52.6 Å². The van der Waals surface area contributed by atoms with Crippen LogP contribution in [0.1, 0.15) is 44.9 Å². The van der Waals surface area contributed by atoms with Gasteiger partial charge in [-0.1, -0.05) is 12.8 Å². The van der Waals surface area contributed by atoms with Gasteiger partial charge in [0.15, 0.2) is 0 Å². The van der Waals surface area contributed by atoms with Gasteiger partial charge in [-0.3, -0.25) is 4.79 Å². The maximum Gasteiger partial charge on any atom is 0.239 e. The van der Waals surface area contributed by atoms with Gasteiger partial charge < -0.3 is 15.3 Å². The van der Waals surface area contributed by atoms with Crippen LogP contribution in [-0.4, -0.2) is 47.2 Å². The smallest absolute Gasteiger partial charge is 0.239 e. The number of likely N-dealkylation sites (tertiary alicyclic amines) is 1. The molecule has 0 aromatic heterocycles. The molecule has 0 radical (unpaired) electrons. The first kappa shape index (κ1) is 12.4. The van der Waals surface area contributed by atoms with Crippen LogP contribution in [0.25, 0.3) is 0 Å². The van der Waals surface area contributed by atoms with Crippen LogP contribution in [0.5, 0.6) is 0 Å². The number of β-amino-alcohol motifs (C(OH)–C–C–N with tert-alkyl or cyclic N) is 1. The predicted molar refractivity (Wildman–Crippen MR) is 69.1 cm³/mol. The normalized spacial score (nSPS) is 40.6. The van der Waals surface area contributed by atoms with Gasteiger partial charge in [0.2, 0.25) is 5.91 Å². The van der Waals surface area contributed by atoms with Crippen molar-refractivity contribution in [3.8, 4) is 0 Å². The number of aliphatic hydroxyl groups is 1. The lowest BCUT2D eigenvalue weighted by Gasteiger charge is -2.40. The molecule has 2 saturated heterocycles. The molecule has 0 bridgehead atoms. The number of aliphatic hydroxyl groups excluding tert-OH is 1. The number of fused-ring (bicyclic) bond motifs is 1. The third kappa shape index (κ3) is 2.41. The van der Waals surface area contributed by atoms with Crippen molar-refractivity contribution in [2.45, 2.75) is 63.1 Å². The van der Waals surface area contributed by atoms with Crippen molar-refractivity contribution < 1.29 is 9.90 Å². The molecule has 0 aromatic rings. The minimum atomic E-state index is -0.306. The van der Waals surface area contributed by atoms with Gasteiger partial charge >= 0.3 is 0 Å². The Balaban J connectivity index is 1.58. The highest BCUT2D eigenvalue weighted by Crippen LogP contribution is 2.32. The van der Waals surface area contributed by atoms with Crippen molar-refractivity contribution in [1.29, 1.82) is 0 Å². The van der Waals surface area contributed by atoms with Crippen LogP contribution in [0.2, 0.25) is 0 Å². The predicted octanol–water partition coefficient (Wildman–Crippen LogP) is 0.890. The fourth-order valence-corrected chi connectivity index (χ4v) is 3.85. The Morgan fingerprint density at radius 1 is 1.11 bits per heavy atom. The Kier molecular flexibility index (Phi) is 3.57. The van der Waals surface area contributed by atoms with Gasteiger partial charge in [0.05, 0.1) is 12.1 Å². The Morgan fingerprint density at radius 2 is 1.94 bits per heavy atom. The number of piperidine rings is 1. The number of rotatable bonds is 1. The first-order valence-corrected chi connectivity index (χ1v) is 7.47. The maximum absolute atomic E-state index is 12.4. The molecule has 2 aliphatic heterocycles.